The number of hydrogen-bond donors (Lipinski definition) is 2. The second-order valence-corrected chi connectivity index (χ2v) is 7.09. The van der Waals surface area contributed by atoms with Crippen molar-refractivity contribution in [2.75, 3.05) is 16.8 Å². The number of fused-ring (bicyclic) bond motifs is 1. The Morgan fingerprint density at radius 3 is 2.39 bits per heavy atom. The molecule has 0 radical (unpaired) electrons. The van der Waals surface area contributed by atoms with Crippen molar-refractivity contribution in [1.29, 1.82) is 0 Å². The first kappa shape index (κ1) is 20.2. The van der Waals surface area contributed by atoms with Crippen LogP contribution in [0.2, 0.25) is 0 Å². The highest BCUT2D eigenvalue weighted by Crippen LogP contribution is 2.31. The Morgan fingerprint density at radius 1 is 1.00 bits per heavy atom. The van der Waals surface area contributed by atoms with E-state index in [9.17, 15) is 19.2 Å². The fourth-order valence-electron chi connectivity index (χ4n) is 3.48. The summed E-state index contributed by atoms with van der Waals surface area (Å²) in [6, 6.07) is 13.0. The predicted molar refractivity (Wildman–Crippen MR) is 111 cm³/mol. The van der Waals surface area contributed by atoms with E-state index in [1.165, 1.54) is 0 Å². The standard InChI is InChI=1S/C21H20N6O4/c1-2-13-8-10-14(11-9-13)22-21(31)23-16(28)12-26-18-17(24-25-26)19(29)27(20(18)30)15-6-4-3-5-7-15/h3-11,17-18H,2,12H2,1H3,(H2,22,23,28,31)/t17-,18-/m1/s1. The van der Waals surface area contributed by atoms with Gasteiger partial charge in [0.25, 0.3) is 11.8 Å². The van der Waals surface area contributed by atoms with Gasteiger partial charge in [-0.15, -0.1) is 0 Å². The van der Waals surface area contributed by atoms with E-state index in [-0.39, 0.29) is 0 Å². The van der Waals surface area contributed by atoms with Gasteiger partial charge in [0.15, 0.2) is 12.1 Å². The topological polar surface area (TPSA) is 124 Å². The van der Waals surface area contributed by atoms with E-state index < -0.39 is 42.4 Å². The Labute approximate surface area is 177 Å². The van der Waals surface area contributed by atoms with Crippen LogP contribution in [0.3, 0.4) is 0 Å². The van der Waals surface area contributed by atoms with Crippen molar-refractivity contribution in [3.8, 4) is 0 Å². The number of nitrogens with zero attached hydrogens (tertiary/aromatic N) is 4. The molecule has 0 spiro atoms. The average Bonchev–Trinajstić information content (AvgIpc) is 3.28. The van der Waals surface area contributed by atoms with E-state index in [1.807, 2.05) is 19.1 Å². The maximum Gasteiger partial charge on any atom is 0.325 e. The maximum atomic E-state index is 12.8. The van der Waals surface area contributed by atoms with Crippen molar-refractivity contribution >= 4 is 35.1 Å². The number of para-hydroxylation sites is 1. The quantitative estimate of drug-likeness (QED) is 0.715. The predicted octanol–water partition coefficient (Wildman–Crippen LogP) is 1.89. The second-order valence-electron chi connectivity index (χ2n) is 7.09. The summed E-state index contributed by atoms with van der Waals surface area (Å²) in [6.07, 6.45) is 0.875. The third-order valence-corrected chi connectivity index (χ3v) is 5.05. The number of nitrogens with one attached hydrogen (secondary N) is 2. The molecule has 2 heterocycles. The van der Waals surface area contributed by atoms with Crippen LogP contribution in [0.25, 0.3) is 0 Å². The molecule has 10 heteroatoms. The molecule has 5 amide bonds. The summed E-state index contributed by atoms with van der Waals surface area (Å²) in [5.74, 6) is -1.69. The highest BCUT2D eigenvalue weighted by Gasteiger charge is 2.55. The molecule has 2 aliphatic heterocycles. The van der Waals surface area contributed by atoms with Crippen LogP contribution >= 0.6 is 0 Å². The van der Waals surface area contributed by atoms with Crippen LogP contribution in [0.1, 0.15) is 12.5 Å². The first-order valence-electron chi connectivity index (χ1n) is 9.78. The third kappa shape index (κ3) is 4.00. The molecule has 31 heavy (non-hydrogen) atoms. The van der Waals surface area contributed by atoms with E-state index >= 15 is 0 Å². The number of carbonyl (C=O) groups is 4. The fourth-order valence-corrected chi connectivity index (χ4v) is 3.48. The van der Waals surface area contributed by atoms with Crippen molar-refractivity contribution < 1.29 is 19.2 Å². The fraction of sp³-hybridized carbons (Fsp3) is 0.238. The number of carbonyl (C=O) groups excluding carboxylic acids is 4. The van der Waals surface area contributed by atoms with E-state index in [0.29, 0.717) is 11.4 Å². The molecule has 0 unspecified atom stereocenters. The van der Waals surface area contributed by atoms with Crippen LogP contribution in [0, 0.1) is 0 Å². The molecular weight excluding hydrogens is 400 g/mol. The Balaban J connectivity index is 1.37. The first-order chi connectivity index (χ1) is 15.0. The summed E-state index contributed by atoms with van der Waals surface area (Å²) >= 11 is 0. The summed E-state index contributed by atoms with van der Waals surface area (Å²) in [7, 11) is 0. The van der Waals surface area contributed by atoms with Gasteiger partial charge in [0.05, 0.1) is 5.69 Å². The Hall–Kier alpha value is -4.08. The van der Waals surface area contributed by atoms with Gasteiger partial charge in [-0.2, -0.15) is 5.11 Å². The van der Waals surface area contributed by atoms with Crippen LogP contribution in [0.15, 0.2) is 64.9 Å². The van der Waals surface area contributed by atoms with Crippen LogP contribution in [-0.2, 0) is 20.8 Å². The largest absolute Gasteiger partial charge is 0.325 e. The van der Waals surface area contributed by atoms with Crippen molar-refractivity contribution in [2.45, 2.75) is 25.4 Å². The van der Waals surface area contributed by atoms with E-state index in [2.05, 4.69) is 21.0 Å². The van der Waals surface area contributed by atoms with E-state index in [4.69, 9.17) is 0 Å². The number of imide groups is 2. The molecule has 10 nitrogen and oxygen atoms in total. The van der Waals surface area contributed by atoms with Gasteiger partial charge in [-0.3, -0.25) is 24.7 Å². The van der Waals surface area contributed by atoms with Gasteiger partial charge >= 0.3 is 6.03 Å². The average molecular weight is 420 g/mol. The molecule has 2 atom stereocenters. The normalized spacial score (nSPS) is 19.5. The molecule has 2 aliphatic rings. The summed E-state index contributed by atoms with van der Waals surface area (Å²) in [5, 5.41) is 13.5. The van der Waals surface area contributed by atoms with Gasteiger partial charge in [-0.1, -0.05) is 42.5 Å². The molecule has 0 saturated carbocycles. The van der Waals surface area contributed by atoms with Crippen LogP contribution in [-0.4, -0.2) is 47.4 Å². The van der Waals surface area contributed by atoms with E-state index in [1.54, 1.807) is 42.5 Å². The Bertz CT molecular complexity index is 1050. The molecule has 0 bridgehead atoms. The third-order valence-electron chi connectivity index (χ3n) is 5.05. The SMILES string of the molecule is CCc1ccc(NC(=O)NC(=O)CN2N=N[C@H]3C(=O)N(c4ccccc4)C(=O)[C@@H]32)cc1. The lowest BCUT2D eigenvalue weighted by atomic mass is 10.1. The van der Waals surface area contributed by atoms with Gasteiger partial charge in [0, 0.05) is 5.69 Å². The number of benzene rings is 2. The number of hydrogen-bond acceptors (Lipinski definition) is 7. The van der Waals surface area contributed by atoms with Crippen molar-refractivity contribution in [2.24, 2.45) is 10.3 Å². The number of amides is 5. The van der Waals surface area contributed by atoms with Crippen LogP contribution < -0.4 is 15.5 Å². The number of urea groups is 1. The Kier molecular flexibility index (Phi) is 5.44. The first-order valence-corrected chi connectivity index (χ1v) is 9.78. The molecule has 2 N–H and O–H groups in total. The highest BCUT2D eigenvalue weighted by atomic mass is 16.2. The lowest BCUT2D eigenvalue weighted by Gasteiger charge is -2.20. The van der Waals surface area contributed by atoms with Crippen molar-refractivity contribution in [3.05, 3.63) is 60.2 Å². The summed E-state index contributed by atoms with van der Waals surface area (Å²) in [5.41, 5.74) is 2.09. The molecule has 4 rings (SSSR count). The summed E-state index contributed by atoms with van der Waals surface area (Å²) < 4.78 is 0. The zero-order valence-corrected chi connectivity index (χ0v) is 16.7. The minimum Gasteiger partial charge on any atom is -0.308 e. The zero-order valence-electron chi connectivity index (χ0n) is 16.7. The highest BCUT2D eigenvalue weighted by molar-refractivity contribution is 6.25. The number of aryl methyl sites for hydroxylation is 1. The van der Waals surface area contributed by atoms with Crippen molar-refractivity contribution in [1.82, 2.24) is 10.3 Å². The molecule has 1 fully saturated rings. The summed E-state index contributed by atoms with van der Waals surface area (Å²) in [4.78, 5) is 50.9. The summed E-state index contributed by atoms with van der Waals surface area (Å²) in [6.45, 7) is 1.63. The molecule has 0 aliphatic carbocycles. The number of rotatable bonds is 5. The van der Waals surface area contributed by atoms with Gasteiger partial charge in [0.2, 0.25) is 5.91 Å². The molecule has 2 aromatic rings. The molecule has 2 aromatic carbocycles. The minimum atomic E-state index is -1.01. The second kappa shape index (κ2) is 8.34. The van der Waals surface area contributed by atoms with Crippen LogP contribution in [0.4, 0.5) is 16.2 Å². The molecule has 158 valence electrons. The number of anilines is 2. The smallest absolute Gasteiger partial charge is 0.308 e. The molecule has 0 aromatic heterocycles. The van der Waals surface area contributed by atoms with Crippen molar-refractivity contribution in [3.63, 3.8) is 0 Å². The minimum absolute atomic E-state index is 0.394. The molecule has 1 saturated heterocycles. The Morgan fingerprint density at radius 2 is 1.71 bits per heavy atom. The maximum absolute atomic E-state index is 12.8. The lowest BCUT2D eigenvalue weighted by molar-refractivity contribution is -0.124. The van der Waals surface area contributed by atoms with Crippen LogP contribution in [0.5, 0.6) is 0 Å². The van der Waals surface area contributed by atoms with Gasteiger partial charge in [-0.05, 0) is 36.2 Å². The van der Waals surface area contributed by atoms with Gasteiger partial charge in [0.1, 0.15) is 6.54 Å². The monoisotopic (exact) mass is 420 g/mol. The zero-order chi connectivity index (χ0) is 22.0. The van der Waals surface area contributed by atoms with Gasteiger partial charge in [-0.25, -0.2) is 9.69 Å². The lowest BCUT2D eigenvalue weighted by Crippen LogP contribution is -2.46. The van der Waals surface area contributed by atoms with E-state index in [0.717, 1.165) is 21.9 Å². The van der Waals surface area contributed by atoms with Gasteiger partial charge < -0.3 is 5.32 Å². The molecular formula is C21H20N6O4.